The van der Waals surface area contributed by atoms with Crippen molar-refractivity contribution in [2.75, 3.05) is 32.0 Å². The molecule has 1 aromatic rings. The van der Waals surface area contributed by atoms with E-state index in [2.05, 4.69) is 10.3 Å². The van der Waals surface area contributed by atoms with Gasteiger partial charge in [-0.3, -0.25) is 4.79 Å². The van der Waals surface area contributed by atoms with E-state index in [0.29, 0.717) is 24.8 Å². The molecule has 1 unspecified atom stereocenters. The number of hydrogen-bond donors (Lipinski definition) is 1. The fourth-order valence-corrected chi connectivity index (χ4v) is 4.04. The fourth-order valence-electron chi connectivity index (χ4n) is 2.56. The maximum atomic E-state index is 12.5. The third kappa shape index (κ3) is 4.73. The Balaban J connectivity index is 1.95. The van der Waals surface area contributed by atoms with Crippen LogP contribution < -0.4 is 5.32 Å². The highest BCUT2D eigenvalue weighted by Crippen LogP contribution is 2.19. The van der Waals surface area contributed by atoms with E-state index in [0.717, 1.165) is 22.7 Å². The van der Waals surface area contributed by atoms with Crippen LogP contribution in [-0.2, 0) is 15.0 Å². The fraction of sp³-hybridized carbons (Fsp3) is 0.600. The summed E-state index contributed by atoms with van der Waals surface area (Å²) in [5.74, 6) is 0.355. The molecule has 8 heteroatoms. The third-order valence-corrected chi connectivity index (χ3v) is 5.79. The van der Waals surface area contributed by atoms with E-state index in [1.165, 1.54) is 11.4 Å². The lowest BCUT2D eigenvalue weighted by atomic mass is 10.0. The summed E-state index contributed by atoms with van der Waals surface area (Å²) in [6, 6.07) is 3.52. The molecule has 1 aliphatic heterocycles. The number of aryl methyl sites for hydroxylation is 1. The summed E-state index contributed by atoms with van der Waals surface area (Å²) in [6.45, 7) is 4.73. The summed E-state index contributed by atoms with van der Waals surface area (Å²) >= 11 is 0. The van der Waals surface area contributed by atoms with Gasteiger partial charge in [0.15, 0.2) is 0 Å². The number of likely N-dealkylation sites (N-methyl/N-ethyl adjacent to an activating group) is 1. The van der Waals surface area contributed by atoms with Crippen LogP contribution in [0.2, 0.25) is 0 Å². The number of anilines is 1. The van der Waals surface area contributed by atoms with Crippen molar-refractivity contribution in [2.45, 2.75) is 26.7 Å². The largest absolute Gasteiger partial charge is 0.310 e. The molecule has 0 spiro atoms. The molecule has 1 fully saturated rings. The Morgan fingerprint density at radius 1 is 1.48 bits per heavy atom. The molecule has 0 aromatic carbocycles. The van der Waals surface area contributed by atoms with Crippen LogP contribution in [0.3, 0.4) is 0 Å². The molecule has 23 heavy (non-hydrogen) atoms. The molecule has 1 atom stereocenters. The number of rotatable bonds is 5. The van der Waals surface area contributed by atoms with Gasteiger partial charge < -0.3 is 5.32 Å². The number of aromatic nitrogens is 1. The lowest BCUT2D eigenvalue weighted by Crippen LogP contribution is -2.48. The van der Waals surface area contributed by atoms with E-state index in [9.17, 15) is 13.2 Å². The topological polar surface area (TPSA) is 82.6 Å². The number of carbonyl (C=O) groups excluding carboxylic acids is 1. The molecular formula is C15H24N4O3S. The van der Waals surface area contributed by atoms with Crippen LogP contribution in [-0.4, -0.2) is 54.6 Å². The Morgan fingerprint density at radius 2 is 2.22 bits per heavy atom. The summed E-state index contributed by atoms with van der Waals surface area (Å²) in [7, 11) is -2.18. The molecule has 2 rings (SSSR count). The highest BCUT2D eigenvalue weighted by Gasteiger charge is 2.31. The van der Waals surface area contributed by atoms with Crippen LogP contribution in [0.4, 0.5) is 5.82 Å². The Bertz CT molecular complexity index is 645. The zero-order valence-corrected chi connectivity index (χ0v) is 14.6. The zero-order chi connectivity index (χ0) is 17.0. The van der Waals surface area contributed by atoms with Crippen LogP contribution in [0.25, 0.3) is 0 Å². The van der Waals surface area contributed by atoms with Crippen molar-refractivity contribution in [3.63, 3.8) is 0 Å². The van der Waals surface area contributed by atoms with Crippen LogP contribution in [0.5, 0.6) is 0 Å². The van der Waals surface area contributed by atoms with E-state index >= 15 is 0 Å². The highest BCUT2D eigenvalue weighted by molar-refractivity contribution is 7.86. The molecule has 1 aliphatic rings. The van der Waals surface area contributed by atoms with Gasteiger partial charge in [-0.2, -0.15) is 17.0 Å². The lowest BCUT2D eigenvalue weighted by Gasteiger charge is -2.32. The van der Waals surface area contributed by atoms with Gasteiger partial charge in [-0.05, 0) is 37.3 Å². The minimum Gasteiger partial charge on any atom is -0.310 e. The predicted molar refractivity (Wildman–Crippen MR) is 89.1 cm³/mol. The predicted octanol–water partition coefficient (Wildman–Crippen LogP) is 1.24. The van der Waals surface area contributed by atoms with E-state index < -0.39 is 16.1 Å². The van der Waals surface area contributed by atoms with Crippen molar-refractivity contribution in [1.29, 1.82) is 0 Å². The number of amides is 1. The molecule has 0 aliphatic carbocycles. The average Bonchev–Trinajstić information content (AvgIpc) is 2.49. The van der Waals surface area contributed by atoms with Gasteiger partial charge >= 0.3 is 0 Å². The summed E-state index contributed by atoms with van der Waals surface area (Å²) in [6.07, 6.45) is 3.54. The number of pyridine rings is 1. The maximum Gasteiger partial charge on any atom is 0.282 e. The standard InChI is InChI=1S/C15H24N4O3S/c1-12-6-7-14(16-9-12)17-15(20)11-18(3)23(21,22)19-8-4-5-13(2)10-19/h6-7,9,13H,4-5,8,10-11H2,1-3H3,(H,16,17,20). The Kier molecular flexibility index (Phi) is 5.72. The van der Waals surface area contributed by atoms with Gasteiger partial charge in [0.2, 0.25) is 5.91 Å². The molecule has 1 N–H and O–H groups in total. The molecule has 1 amide bonds. The minimum absolute atomic E-state index is 0.233. The van der Waals surface area contributed by atoms with E-state index in [1.54, 1.807) is 12.3 Å². The second-order valence-corrected chi connectivity index (χ2v) is 8.17. The number of hydrogen-bond acceptors (Lipinski definition) is 4. The molecule has 2 heterocycles. The second kappa shape index (κ2) is 7.37. The van der Waals surface area contributed by atoms with Gasteiger partial charge in [0, 0.05) is 26.3 Å². The first-order chi connectivity index (χ1) is 10.8. The molecule has 1 saturated heterocycles. The summed E-state index contributed by atoms with van der Waals surface area (Å²) in [5.41, 5.74) is 0.988. The summed E-state index contributed by atoms with van der Waals surface area (Å²) in [5, 5.41) is 2.61. The van der Waals surface area contributed by atoms with Crippen molar-refractivity contribution in [1.82, 2.24) is 13.6 Å². The Morgan fingerprint density at radius 3 is 2.83 bits per heavy atom. The Labute approximate surface area is 137 Å². The number of piperidine rings is 1. The van der Waals surface area contributed by atoms with E-state index in [4.69, 9.17) is 0 Å². The van der Waals surface area contributed by atoms with Crippen LogP contribution in [0.1, 0.15) is 25.3 Å². The smallest absolute Gasteiger partial charge is 0.282 e. The molecule has 0 bridgehead atoms. The van der Waals surface area contributed by atoms with Gasteiger partial charge in [-0.1, -0.05) is 13.0 Å². The van der Waals surface area contributed by atoms with Crippen molar-refractivity contribution in [3.05, 3.63) is 23.9 Å². The van der Waals surface area contributed by atoms with Crippen molar-refractivity contribution >= 4 is 21.9 Å². The van der Waals surface area contributed by atoms with Crippen LogP contribution in [0, 0.1) is 12.8 Å². The molecule has 128 valence electrons. The number of nitrogens with zero attached hydrogens (tertiary/aromatic N) is 3. The molecule has 0 radical (unpaired) electrons. The lowest BCUT2D eigenvalue weighted by molar-refractivity contribution is -0.116. The van der Waals surface area contributed by atoms with E-state index in [-0.39, 0.29) is 6.54 Å². The van der Waals surface area contributed by atoms with Crippen molar-refractivity contribution in [2.24, 2.45) is 5.92 Å². The molecule has 7 nitrogen and oxygen atoms in total. The summed E-state index contributed by atoms with van der Waals surface area (Å²) in [4.78, 5) is 16.1. The first-order valence-electron chi connectivity index (χ1n) is 7.73. The summed E-state index contributed by atoms with van der Waals surface area (Å²) < 4.78 is 27.6. The normalized spacial score (nSPS) is 19.7. The molecule has 1 aromatic heterocycles. The quantitative estimate of drug-likeness (QED) is 0.874. The molecule has 0 saturated carbocycles. The third-order valence-electron chi connectivity index (χ3n) is 3.89. The van der Waals surface area contributed by atoms with E-state index in [1.807, 2.05) is 19.9 Å². The first-order valence-corrected chi connectivity index (χ1v) is 9.12. The average molecular weight is 340 g/mol. The number of carbonyl (C=O) groups is 1. The number of nitrogens with one attached hydrogen (secondary N) is 1. The van der Waals surface area contributed by atoms with Crippen LogP contribution in [0.15, 0.2) is 18.3 Å². The monoisotopic (exact) mass is 340 g/mol. The van der Waals surface area contributed by atoms with Gasteiger partial charge in [-0.15, -0.1) is 0 Å². The first kappa shape index (κ1) is 17.8. The van der Waals surface area contributed by atoms with Gasteiger partial charge in [0.1, 0.15) is 5.82 Å². The maximum absolute atomic E-state index is 12.5. The van der Waals surface area contributed by atoms with Crippen molar-refractivity contribution in [3.8, 4) is 0 Å². The van der Waals surface area contributed by atoms with Gasteiger partial charge in [0.05, 0.1) is 6.54 Å². The Hall–Kier alpha value is -1.51. The zero-order valence-electron chi connectivity index (χ0n) is 13.8. The van der Waals surface area contributed by atoms with Crippen molar-refractivity contribution < 1.29 is 13.2 Å². The highest BCUT2D eigenvalue weighted by atomic mass is 32.2. The minimum atomic E-state index is -3.60. The second-order valence-electron chi connectivity index (χ2n) is 6.14. The van der Waals surface area contributed by atoms with Gasteiger partial charge in [0.25, 0.3) is 10.2 Å². The molecular weight excluding hydrogens is 316 g/mol. The SMILES string of the molecule is Cc1ccc(NC(=O)CN(C)S(=O)(=O)N2CCCC(C)C2)nc1. The van der Waals surface area contributed by atoms with Crippen LogP contribution >= 0.6 is 0 Å². The van der Waals surface area contributed by atoms with Gasteiger partial charge in [-0.25, -0.2) is 4.98 Å².